The lowest BCUT2D eigenvalue weighted by Gasteiger charge is -2.26. The number of amides is 1. The molecule has 252 valence electrons. The highest BCUT2D eigenvalue weighted by molar-refractivity contribution is 14.1. The van der Waals surface area contributed by atoms with Crippen LogP contribution in [0.25, 0.3) is 0 Å². The average molecular weight is 942 g/mol. The van der Waals surface area contributed by atoms with Crippen LogP contribution in [0.1, 0.15) is 20.8 Å². The smallest absolute Gasteiger partial charge is 0.410 e. The van der Waals surface area contributed by atoms with Crippen LogP contribution >= 0.6 is 73.5 Å². The van der Waals surface area contributed by atoms with Gasteiger partial charge >= 0.3 is 18.0 Å². The molecule has 2 aromatic rings. The molecule has 0 bridgehead atoms. The Labute approximate surface area is 306 Å². The zero-order valence-corrected chi connectivity index (χ0v) is 32.5. The average Bonchev–Trinajstić information content (AvgIpc) is 2.99. The minimum Gasteiger partial charge on any atom is -0.476 e. The first-order valence-corrected chi connectivity index (χ1v) is 16.3. The Morgan fingerprint density at radius 3 is 1.78 bits per heavy atom. The zero-order valence-electron chi connectivity index (χ0n) is 25.7. The summed E-state index contributed by atoms with van der Waals surface area (Å²) < 4.78 is 27.0. The Bertz CT molecular complexity index is 1170. The standard InChI is InChI=1S/C17H23IN2O5.C7H9IN2O.C5H7BrO2.ClH/c1-17(2,3)25-16(22)20(9-5-6-15(21)23-4)10-11-24-14-8-7-13(18)12-19-14;8-6-1-2-7(10-5-6)11-4-3-9;1-8-5(7)3-2-4-6;/h5-8,12H,9-11H2,1-4H3;1-2,5H,3-4,9H2;2-3H,4H2,1H3;1H/b6-5+;;3-2+;. The van der Waals surface area contributed by atoms with Gasteiger partial charge in [-0.2, -0.15) is 0 Å². The number of esters is 2. The van der Waals surface area contributed by atoms with E-state index in [0.29, 0.717) is 30.2 Å². The van der Waals surface area contributed by atoms with Crippen molar-refractivity contribution >= 4 is 91.6 Å². The Kier molecular flexibility index (Phi) is 26.9. The van der Waals surface area contributed by atoms with E-state index in [-0.39, 0.29) is 38.1 Å². The van der Waals surface area contributed by atoms with E-state index in [2.05, 4.69) is 80.6 Å². The number of hydrogen-bond acceptors (Lipinski definition) is 11. The molecule has 0 aliphatic rings. The second kappa shape index (κ2) is 26.9. The summed E-state index contributed by atoms with van der Waals surface area (Å²) in [6, 6.07) is 7.42. The number of aromatic nitrogens is 2. The summed E-state index contributed by atoms with van der Waals surface area (Å²) in [4.78, 5) is 43.3. The van der Waals surface area contributed by atoms with Gasteiger partial charge in [-0.25, -0.2) is 24.4 Å². The Hall–Kier alpha value is -2.22. The summed E-state index contributed by atoms with van der Waals surface area (Å²) in [6.07, 6.45) is 8.81. The monoisotopic (exact) mass is 940 g/mol. The summed E-state index contributed by atoms with van der Waals surface area (Å²) >= 11 is 7.46. The number of carbonyl (C=O) groups is 3. The molecule has 0 saturated heterocycles. The predicted molar refractivity (Wildman–Crippen MR) is 195 cm³/mol. The number of halogens is 4. The molecule has 2 aromatic heterocycles. The molecule has 2 rings (SSSR count). The quantitative estimate of drug-likeness (QED) is 0.0933. The van der Waals surface area contributed by atoms with E-state index in [0.717, 1.165) is 7.14 Å². The van der Waals surface area contributed by atoms with Crippen molar-refractivity contribution in [2.45, 2.75) is 26.4 Å². The van der Waals surface area contributed by atoms with Crippen LogP contribution in [-0.4, -0.2) is 90.9 Å². The molecular weight excluding hydrogens is 902 g/mol. The van der Waals surface area contributed by atoms with Crippen LogP contribution in [0.2, 0.25) is 0 Å². The summed E-state index contributed by atoms with van der Waals surface area (Å²) in [5.41, 5.74) is 4.64. The number of methoxy groups -OCH3 is 2. The number of ether oxygens (including phenoxy) is 5. The lowest BCUT2D eigenvalue weighted by molar-refractivity contribution is -0.135. The second-order valence-corrected chi connectivity index (χ2v) is 12.2. The van der Waals surface area contributed by atoms with Crippen LogP contribution in [0, 0.1) is 7.14 Å². The molecule has 0 fully saturated rings. The predicted octanol–water partition coefficient (Wildman–Crippen LogP) is 5.59. The SMILES string of the molecule is COC(=O)/C=C/CBr.COC(=O)/C=C/CN(CCOc1ccc(I)cn1)C(=O)OC(C)(C)C.Cl.NCCOc1ccc(I)cn1. The molecule has 0 atom stereocenters. The van der Waals surface area contributed by atoms with Crippen LogP contribution in [0.5, 0.6) is 11.8 Å². The largest absolute Gasteiger partial charge is 0.476 e. The number of nitrogens with two attached hydrogens (primary N) is 1. The molecule has 1 amide bonds. The zero-order chi connectivity index (χ0) is 33.4. The first-order valence-electron chi connectivity index (χ1n) is 13.1. The first-order chi connectivity index (χ1) is 20.8. The lowest BCUT2D eigenvalue weighted by atomic mass is 10.2. The molecule has 0 saturated carbocycles. The van der Waals surface area contributed by atoms with Crippen LogP contribution in [0.15, 0.2) is 61.0 Å². The molecule has 0 aliphatic heterocycles. The number of alkyl halides is 1. The molecule has 16 heteroatoms. The molecule has 0 spiro atoms. The summed E-state index contributed by atoms with van der Waals surface area (Å²) in [5.74, 6) is 0.318. The number of pyridine rings is 2. The molecule has 45 heavy (non-hydrogen) atoms. The van der Waals surface area contributed by atoms with Gasteiger partial charge in [0.2, 0.25) is 11.8 Å². The van der Waals surface area contributed by atoms with Gasteiger partial charge in [0.05, 0.1) is 20.8 Å². The molecule has 12 nitrogen and oxygen atoms in total. The highest BCUT2D eigenvalue weighted by Gasteiger charge is 2.21. The van der Waals surface area contributed by atoms with Crippen LogP contribution in [0.3, 0.4) is 0 Å². The fraction of sp³-hybridized carbons (Fsp3) is 0.414. The number of allylic oxidation sites excluding steroid dienone is 1. The molecule has 0 unspecified atom stereocenters. The molecule has 0 aliphatic carbocycles. The molecule has 2 N–H and O–H groups in total. The third-order valence-corrected chi connectivity index (χ3v) is 6.01. The number of hydrogen-bond donors (Lipinski definition) is 1. The van der Waals surface area contributed by atoms with Crippen molar-refractivity contribution in [3.63, 3.8) is 0 Å². The molecular formula is C29H40BrClI2N4O8. The van der Waals surface area contributed by atoms with E-state index < -0.39 is 17.7 Å². The van der Waals surface area contributed by atoms with Crippen LogP contribution in [0.4, 0.5) is 4.79 Å². The van der Waals surface area contributed by atoms with Crippen molar-refractivity contribution in [1.82, 2.24) is 14.9 Å². The fourth-order valence-corrected chi connectivity index (χ4v) is 3.28. The van der Waals surface area contributed by atoms with E-state index in [1.807, 2.05) is 18.2 Å². The Balaban J connectivity index is 0. The van der Waals surface area contributed by atoms with Gasteiger partial charge in [0.1, 0.15) is 18.8 Å². The molecule has 2 heterocycles. The maximum Gasteiger partial charge on any atom is 0.410 e. The van der Waals surface area contributed by atoms with E-state index in [9.17, 15) is 14.4 Å². The minimum absolute atomic E-state index is 0. The van der Waals surface area contributed by atoms with Gasteiger partial charge in [-0.1, -0.05) is 28.1 Å². The van der Waals surface area contributed by atoms with Crippen molar-refractivity contribution in [2.24, 2.45) is 5.73 Å². The van der Waals surface area contributed by atoms with Gasteiger partial charge < -0.3 is 34.3 Å². The summed E-state index contributed by atoms with van der Waals surface area (Å²) in [7, 11) is 2.64. The number of nitrogens with zero attached hydrogens (tertiary/aromatic N) is 3. The van der Waals surface area contributed by atoms with E-state index in [4.69, 9.17) is 19.9 Å². The highest BCUT2D eigenvalue weighted by atomic mass is 127. The highest BCUT2D eigenvalue weighted by Crippen LogP contribution is 2.12. The summed E-state index contributed by atoms with van der Waals surface area (Å²) in [6.45, 7) is 7.15. The fourth-order valence-electron chi connectivity index (χ4n) is 2.46. The molecule has 0 aromatic carbocycles. The van der Waals surface area contributed by atoms with Crippen molar-refractivity contribution in [1.29, 1.82) is 0 Å². The first kappa shape index (κ1) is 44.9. The van der Waals surface area contributed by atoms with E-state index >= 15 is 0 Å². The van der Waals surface area contributed by atoms with Crippen molar-refractivity contribution in [3.8, 4) is 11.8 Å². The normalized spacial score (nSPS) is 10.3. The maximum atomic E-state index is 12.3. The topological polar surface area (TPSA) is 152 Å². The van der Waals surface area contributed by atoms with Gasteiger partial charge in [-0.3, -0.25) is 0 Å². The Morgan fingerprint density at radius 1 is 0.889 bits per heavy atom. The van der Waals surface area contributed by atoms with E-state index in [1.54, 1.807) is 51.4 Å². The number of rotatable bonds is 12. The summed E-state index contributed by atoms with van der Waals surface area (Å²) in [5, 5.41) is 0.683. The lowest BCUT2D eigenvalue weighted by Crippen LogP contribution is -2.39. The van der Waals surface area contributed by atoms with Gasteiger partial charge in [-0.05, 0) is 78.1 Å². The Morgan fingerprint density at radius 2 is 1.38 bits per heavy atom. The van der Waals surface area contributed by atoms with Crippen molar-refractivity contribution in [3.05, 3.63) is 68.1 Å². The second-order valence-electron chi connectivity index (χ2n) is 9.05. The van der Waals surface area contributed by atoms with Crippen LogP contribution < -0.4 is 15.2 Å². The third-order valence-electron chi connectivity index (χ3n) is 4.36. The van der Waals surface area contributed by atoms with E-state index in [1.165, 1.54) is 31.3 Å². The van der Waals surface area contributed by atoms with Crippen LogP contribution in [-0.2, 0) is 23.8 Å². The minimum atomic E-state index is -0.611. The van der Waals surface area contributed by atoms with Gasteiger partial charge in [0, 0.05) is 62.2 Å². The van der Waals surface area contributed by atoms with Gasteiger partial charge in [-0.15, -0.1) is 12.4 Å². The van der Waals surface area contributed by atoms with Crippen molar-refractivity contribution < 1.29 is 38.1 Å². The van der Waals surface area contributed by atoms with Crippen molar-refractivity contribution in [2.75, 3.05) is 52.4 Å². The number of carbonyl (C=O) groups excluding carboxylic acids is 3. The maximum absolute atomic E-state index is 12.3. The third kappa shape index (κ3) is 25.6. The molecule has 0 radical (unpaired) electrons. The van der Waals surface area contributed by atoms with Gasteiger partial charge in [0.25, 0.3) is 0 Å². The van der Waals surface area contributed by atoms with Gasteiger partial charge in [0.15, 0.2) is 0 Å².